The monoisotopic (exact) mass is 225 g/mol. The second-order valence-corrected chi connectivity index (χ2v) is 4.04. The normalized spacial score (nSPS) is 20.4. The van der Waals surface area contributed by atoms with Gasteiger partial charge in [-0.15, -0.1) is 0 Å². The number of rotatable bonds is 2. The Morgan fingerprint density at radius 1 is 1.38 bits per heavy atom. The Kier molecular flexibility index (Phi) is 4.80. The van der Waals surface area contributed by atoms with Gasteiger partial charge in [-0.3, -0.25) is 0 Å². The maximum atomic E-state index is 5.86. The molecule has 0 bridgehead atoms. The minimum Gasteiger partial charge on any atom is -0.473 e. The molecule has 4 heteroatoms. The van der Waals surface area contributed by atoms with Crippen molar-refractivity contribution >= 4 is 0 Å². The first-order valence-corrected chi connectivity index (χ1v) is 6.01. The van der Waals surface area contributed by atoms with E-state index in [2.05, 4.69) is 17.0 Å². The summed E-state index contributed by atoms with van der Waals surface area (Å²) in [6, 6.07) is 1.98. The number of hydrogen-bond donors (Lipinski definition) is 0. The van der Waals surface area contributed by atoms with E-state index in [0.717, 1.165) is 31.1 Å². The molecule has 2 heterocycles. The molecule has 1 saturated heterocycles. The zero-order valence-electron chi connectivity index (χ0n) is 11.0. The van der Waals surface area contributed by atoms with Gasteiger partial charge in [-0.25, -0.2) is 4.68 Å². The minimum absolute atomic E-state index is 0.329. The third kappa shape index (κ3) is 3.23. The van der Waals surface area contributed by atoms with Crippen LogP contribution in [0, 0.1) is 6.92 Å². The van der Waals surface area contributed by atoms with Crippen LogP contribution in [0.15, 0.2) is 6.07 Å². The maximum absolute atomic E-state index is 5.86. The Morgan fingerprint density at radius 2 is 2.06 bits per heavy atom. The van der Waals surface area contributed by atoms with Gasteiger partial charge in [0, 0.05) is 26.2 Å². The molecule has 1 aliphatic heterocycles. The molecule has 16 heavy (non-hydrogen) atoms. The highest BCUT2D eigenvalue weighted by Gasteiger charge is 2.21. The summed E-state index contributed by atoms with van der Waals surface area (Å²) in [5.41, 5.74) is 1.01. The van der Waals surface area contributed by atoms with Gasteiger partial charge >= 0.3 is 0 Å². The fourth-order valence-corrected chi connectivity index (χ4v) is 1.86. The second kappa shape index (κ2) is 5.89. The number of aryl methyl sites for hydroxylation is 2. The molecule has 1 aromatic rings. The predicted octanol–water partition coefficient (Wildman–Crippen LogP) is 1.84. The van der Waals surface area contributed by atoms with Crippen molar-refractivity contribution in [2.24, 2.45) is 7.05 Å². The van der Waals surface area contributed by atoms with Crippen LogP contribution >= 0.6 is 0 Å². The minimum atomic E-state index is 0.329. The van der Waals surface area contributed by atoms with E-state index in [9.17, 15) is 0 Å². The van der Waals surface area contributed by atoms with Crippen molar-refractivity contribution in [3.05, 3.63) is 11.8 Å². The Balaban J connectivity index is 0.000000606. The molecule has 1 unspecified atom stereocenters. The van der Waals surface area contributed by atoms with Crippen LogP contribution in [0.5, 0.6) is 5.88 Å². The highest BCUT2D eigenvalue weighted by Crippen LogP contribution is 2.17. The molecule has 0 saturated carbocycles. The summed E-state index contributed by atoms with van der Waals surface area (Å²) in [7, 11) is 4.04. The van der Waals surface area contributed by atoms with E-state index in [0.29, 0.717) is 6.10 Å². The van der Waals surface area contributed by atoms with Crippen molar-refractivity contribution in [2.75, 3.05) is 20.1 Å². The van der Waals surface area contributed by atoms with Gasteiger partial charge < -0.3 is 9.64 Å². The Labute approximate surface area is 98.2 Å². The van der Waals surface area contributed by atoms with Gasteiger partial charge in [0.15, 0.2) is 0 Å². The molecule has 0 N–H and O–H groups in total. The first-order valence-electron chi connectivity index (χ1n) is 6.01. The van der Waals surface area contributed by atoms with E-state index in [1.165, 1.54) is 0 Å². The average molecular weight is 225 g/mol. The Morgan fingerprint density at radius 3 is 2.50 bits per heavy atom. The summed E-state index contributed by atoms with van der Waals surface area (Å²) in [4.78, 5) is 2.29. The molecule has 0 spiro atoms. The lowest BCUT2D eigenvalue weighted by Gasteiger charge is -2.12. The molecule has 0 aromatic carbocycles. The Bertz CT molecular complexity index is 322. The van der Waals surface area contributed by atoms with Crippen LogP contribution in [0.1, 0.15) is 26.0 Å². The summed E-state index contributed by atoms with van der Waals surface area (Å²) < 4.78 is 7.66. The molecule has 0 amide bonds. The second-order valence-electron chi connectivity index (χ2n) is 4.04. The van der Waals surface area contributed by atoms with Crippen molar-refractivity contribution < 1.29 is 4.74 Å². The summed E-state index contributed by atoms with van der Waals surface area (Å²) in [6.07, 6.45) is 1.44. The van der Waals surface area contributed by atoms with Gasteiger partial charge in [-0.05, 0) is 20.4 Å². The fourth-order valence-electron chi connectivity index (χ4n) is 1.86. The van der Waals surface area contributed by atoms with Crippen molar-refractivity contribution in [1.82, 2.24) is 14.7 Å². The number of ether oxygens (including phenoxy) is 1. The highest BCUT2D eigenvalue weighted by atomic mass is 16.5. The third-order valence-electron chi connectivity index (χ3n) is 2.59. The fraction of sp³-hybridized carbons (Fsp3) is 0.750. The maximum Gasteiger partial charge on any atom is 0.212 e. The standard InChI is InChI=1S/C10H17N3O.C2H6/c1-8-6-10(13(3)11-8)14-9-4-5-12(2)7-9;1-2/h6,9H,4-5,7H2,1-3H3;1-2H3. The van der Waals surface area contributed by atoms with Gasteiger partial charge in [-0.2, -0.15) is 5.10 Å². The predicted molar refractivity (Wildman–Crippen MR) is 65.8 cm³/mol. The topological polar surface area (TPSA) is 30.3 Å². The number of likely N-dealkylation sites (N-methyl/N-ethyl adjacent to an activating group) is 1. The third-order valence-corrected chi connectivity index (χ3v) is 2.59. The zero-order chi connectivity index (χ0) is 12.1. The molecular formula is C12H23N3O. The van der Waals surface area contributed by atoms with Crippen molar-refractivity contribution in [3.63, 3.8) is 0 Å². The quantitative estimate of drug-likeness (QED) is 0.769. The van der Waals surface area contributed by atoms with Gasteiger partial charge in [0.05, 0.1) is 5.69 Å². The Hall–Kier alpha value is -1.03. The molecule has 0 radical (unpaired) electrons. The number of hydrogen-bond acceptors (Lipinski definition) is 3. The smallest absolute Gasteiger partial charge is 0.212 e. The van der Waals surface area contributed by atoms with E-state index >= 15 is 0 Å². The summed E-state index contributed by atoms with van der Waals surface area (Å²) in [5, 5.41) is 4.25. The molecule has 1 fully saturated rings. The van der Waals surface area contributed by atoms with Crippen molar-refractivity contribution in [3.8, 4) is 5.88 Å². The molecule has 1 atom stereocenters. The largest absolute Gasteiger partial charge is 0.473 e. The van der Waals surface area contributed by atoms with Gasteiger partial charge in [0.1, 0.15) is 6.10 Å². The first kappa shape index (κ1) is 13.0. The number of likely N-dealkylation sites (tertiary alicyclic amines) is 1. The van der Waals surface area contributed by atoms with Gasteiger partial charge in [-0.1, -0.05) is 13.8 Å². The lowest BCUT2D eigenvalue weighted by Crippen LogP contribution is -2.22. The number of aromatic nitrogens is 2. The van der Waals surface area contributed by atoms with Crippen molar-refractivity contribution in [2.45, 2.75) is 33.3 Å². The van der Waals surface area contributed by atoms with Crippen LogP contribution in [0.3, 0.4) is 0 Å². The molecule has 1 aliphatic rings. The molecular weight excluding hydrogens is 202 g/mol. The zero-order valence-corrected chi connectivity index (χ0v) is 11.0. The van der Waals surface area contributed by atoms with Crippen LogP contribution in [0.25, 0.3) is 0 Å². The van der Waals surface area contributed by atoms with Crippen molar-refractivity contribution in [1.29, 1.82) is 0 Å². The lowest BCUT2D eigenvalue weighted by molar-refractivity contribution is 0.191. The average Bonchev–Trinajstić information content (AvgIpc) is 2.78. The van der Waals surface area contributed by atoms with Crippen LogP contribution in [-0.4, -0.2) is 40.9 Å². The van der Waals surface area contributed by atoms with Crippen LogP contribution < -0.4 is 4.74 Å². The molecule has 92 valence electrons. The van der Waals surface area contributed by atoms with Gasteiger partial charge in [0.25, 0.3) is 0 Å². The molecule has 2 rings (SSSR count). The first-order chi connectivity index (χ1) is 7.65. The van der Waals surface area contributed by atoms with Crippen LogP contribution in [-0.2, 0) is 7.05 Å². The summed E-state index contributed by atoms with van der Waals surface area (Å²) in [5.74, 6) is 0.878. The van der Waals surface area contributed by atoms with Gasteiger partial charge in [0.2, 0.25) is 5.88 Å². The SMILES string of the molecule is CC.Cc1cc(OC2CCN(C)C2)n(C)n1. The van der Waals surface area contributed by atoms with E-state index in [4.69, 9.17) is 4.74 Å². The summed E-state index contributed by atoms with van der Waals surface area (Å²) in [6.45, 7) is 8.12. The van der Waals surface area contributed by atoms with Crippen LogP contribution in [0.2, 0.25) is 0 Å². The van der Waals surface area contributed by atoms with E-state index in [1.807, 2.05) is 33.9 Å². The highest BCUT2D eigenvalue weighted by molar-refractivity contribution is 5.15. The molecule has 4 nitrogen and oxygen atoms in total. The van der Waals surface area contributed by atoms with E-state index in [1.54, 1.807) is 4.68 Å². The van der Waals surface area contributed by atoms with Crippen LogP contribution in [0.4, 0.5) is 0 Å². The molecule has 1 aromatic heterocycles. The summed E-state index contributed by atoms with van der Waals surface area (Å²) >= 11 is 0. The number of nitrogens with zero attached hydrogens (tertiary/aromatic N) is 3. The lowest BCUT2D eigenvalue weighted by atomic mass is 10.3. The van der Waals surface area contributed by atoms with E-state index in [-0.39, 0.29) is 0 Å². The van der Waals surface area contributed by atoms with E-state index < -0.39 is 0 Å². The molecule has 0 aliphatic carbocycles.